The Kier molecular flexibility index (Phi) is 4.70. The van der Waals surface area contributed by atoms with Crippen molar-refractivity contribution in [2.24, 2.45) is 0 Å². The molecule has 2 aromatic carbocycles. The number of carbonyl (C=O) groups excluding carboxylic acids is 1. The monoisotopic (exact) mass is 304 g/mol. The first-order valence-corrected chi connectivity index (χ1v) is 6.89. The topological polar surface area (TPSA) is 64.3 Å². The number of amides is 1. The molecule has 0 aromatic heterocycles. The number of rotatable bonds is 4. The second-order valence-electron chi connectivity index (χ2n) is 4.68. The van der Waals surface area contributed by atoms with E-state index in [0.29, 0.717) is 22.0 Å². The van der Waals surface area contributed by atoms with E-state index in [2.05, 4.69) is 5.32 Å². The van der Waals surface area contributed by atoms with Gasteiger partial charge in [0.15, 0.2) is 0 Å². The van der Waals surface area contributed by atoms with Crippen molar-refractivity contribution < 1.29 is 9.53 Å². The number of hydrogen-bond donors (Lipinski definition) is 2. The molecule has 1 amide bonds. The summed E-state index contributed by atoms with van der Waals surface area (Å²) in [6, 6.07) is 12.1. The van der Waals surface area contributed by atoms with Gasteiger partial charge in [-0.25, -0.2) is 0 Å². The molecule has 1 unspecified atom stereocenters. The molecule has 0 aliphatic rings. The summed E-state index contributed by atoms with van der Waals surface area (Å²) in [5.74, 6) is 0.207. The van der Waals surface area contributed by atoms with Crippen molar-refractivity contribution in [2.45, 2.75) is 13.0 Å². The lowest BCUT2D eigenvalue weighted by Gasteiger charge is -2.17. The lowest BCUT2D eigenvalue weighted by atomic mass is 10.1. The quantitative estimate of drug-likeness (QED) is 0.851. The number of carbonyl (C=O) groups is 1. The fraction of sp³-hybridized carbons (Fsp3) is 0.188. The average molecular weight is 305 g/mol. The number of anilines is 1. The summed E-state index contributed by atoms with van der Waals surface area (Å²) >= 11 is 6.14. The smallest absolute Gasteiger partial charge is 0.255 e. The second kappa shape index (κ2) is 6.50. The third kappa shape index (κ3) is 3.47. The Balaban J connectivity index is 2.20. The van der Waals surface area contributed by atoms with Crippen LogP contribution in [0.1, 0.15) is 28.9 Å². The van der Waals surface area contributed by atoms with Gasteiger partial charge in [-0.05, 0) is 30.7 Å². The average Bonchev–Trinajstić information content (AvgIpc) is 2.47. The molecule has 0 bridgehead atoms. The maximum atomic E-state index is 12.4. The van der Waals surface area contributed by atoms with E-state index in [1.807, 2.05) is 25.1 Å². The third-order valence-corrected chi connectivity index (χ3v) is 3.53. The Morgan fingerprint density at radius 2 is 2.00 bits per heavy atom. The van der Waals surface area contributed by atoms with Crippen LogP contribution in [0.3, 0.4) is 0 Å². The molecule has 0 aliphatic heterocycles. The number of ether oxygens (including phenoxy) is 1. The highest BCUT2D eigenvalue weighted by molar-refractivity contribution is 6.31. The molecule has 3 N–H and O–H groups in total. The molecule has 0 spiro atoms. The van der Waals surface area contributed by atoms with Gasteiger partial charge in [0.2, 0.25) is 0 Å². The largest absolute Gasteiger partial charge is 0.496 e. The van der Waals surface area contributed by atoms with E-state index < -0.39 is 0 Å². The molecular weight excluding hydrogens is 288 g/mol. The number of benzene rings is 2. The molecule has 1 atom stereocenters. The molecule has 0 saturated heterocycles. The van der Waals surface area contributed by atoms with Gasteiger partial charge in [-0.3, -0.25) is 4.79 Å². The van der Waals surface area contributed by atoms with Crippen molar-refractivity contribution in [3.63, 3.8) is 0 Å². The van der Waals surface area contributed by atoms with Crippen LogP contribution in [0.5, 0.6) is 5.75 Å². The molecule has 0 aliphatic carbocycles. The minimum Gasteiger partial charge on any atom is -0.496 e. The van der Waals surface area contributed by atoms with Crippen LogP contribution in [0, 0.1) is 0 Å². The van der Waals surface area contributed by atoms with Crippen LogP contribution in [0.15, 0.2) is 42.5 Å². The highest BCUT2D eigenvalue weighted by Crippen LogP contribution is 2.25. The Labute approximate surface area is 128 Å². The highest BCUT2D eigenvalue weighted by Gasteiger charge is 2.17. The van der Waals surface area contributed by atoms with Crippen molar-refractivity contribution in [3.05, 3.63) is 58.6 Å². The first-order valence-electron chi connectivity index (χ1n) is 6.51. The van der Waals surface area contributed by atoms with Gasteiger partial charge in [0.25, 0.3) is 5.91 Å². The molecule has 21 heavy (non-hydrogen) atoms. The molecule has 4 nitrogen and oxygen atoms in total. The van der Waals surface area contributed by atoms with Gasteiger partial charge in [0, 0.05) is 16.8 Å². The SMILES string of the molecule is COc1cc(N)ccc1C(=O)NC(C)c1ccccc1Cl. The molecule has 110 valence electrons. The lowest BCUT2D eigenvalue weighted by molar-refractivity contribution is 0.0937. The number of nitrogen functional groups attached to an aromatic ring is 1. The van der Waals surface area contributed by atoms with E-state index in [9.17, 15) is 4.79 Å². The zero-order valence-corrected chi connectivity index (χ0v) is 12.6. The molecular formula is C16H17ClN2O2. The van der Waals surface area contributed by atoms with Crippen LogP contribution in [0.2, 0.25) is 5.02 Å². The first kappa shape index (κ1) is 15.2. The standard InChI is InChI=1S/C16H17ClN2O2/c1-10(12-5-3-4-6-14(12)17)19-16(20)13-8-7-11(18)9-15(13)21-2/h3-10H,18H2,1-2H3,(H,19,20). The normalized spacial score (nSPS) is 11.8. The van der Waals surface area contributed by atoms with Crippen LogP contribution in [0.4, 0.5) is 5.69 Å². The molecule has 5 heteroatoms. The summed E-state index contributed by atoms with van der Waals surface area (Å²) in [5.41, 5.74) is 7.53. The number of hydrogen-bond acceptors (Lipinski definition) is 3. The summed E-state index contributed by atoms with van der Waals surface area (Å²) < 4.78 is 5.19. The summed E-state index contributed by atoms with van der Waals surface area (Å²) in [4.78, 5) is 12.4. The summed E-state index contributed by atoms with van der Waals surface area (Å²) in [7, 11) is 1.50. The zero-order valence-electron chi connectivity index (χ0n) is 11.9. The van der Waals surface area contributed by atoms with Crippen molar-refractivity contribution in [1.82, 2.24) is 5.32 Å². The van der Waals surface area contributed by atoms with Crippen LogP contribution in [0.25, 0.3) is 0 Å². The van der Waals surface area contributed by atoms with E-state index >= 15 is 0 Å². The van der Waals surface area contributed by atoms with Crippen LogP contribution in [-0.2, 0) is 0 Å². The summed E-state index contributed by atoms with van der Waals surface area (Å²) in [5, 5.41) is 3.52. The van der Waals surface area contributed by atoms with Crippen LogP contribution >= 0.6 is 11.6 Å². The first-order chi connectivity index (χ1) is 10.0. The fourth-order valence-electron chi connectivity index (χ4n) is 2.07. The van der Waals surface area contributed by atoms with Crippen molar-refractivity contribution in [1.29, 1.82) is 0 Å². The van der Waals surface area contributed by atoms with E-state index in [4.69, 9.17) is 22.1 Å². The van der Waals surface area contributed by atoms with Gasteiger partial charge >= 0.3 is 0 Å². The van der Waals surface area contributed by atoms with E-state index in [0.717, 1.165) is 5.56 Å². The van der Waals surface area contributed by atoms with Crippen molar-refractivity contribution in [2.75, 3.05) is 12.8 Å². The zero-order chi connectivity index (χ0) is 15.4. The number of nitrogens with one attached hydrogen (secondary N) is 1. The van der Waals surface area contributed by atoms with Gasteiger partial charge in [0.1, 0.15) is 5.75 Å². The molecule has 0 saturated carbocycles. The summed E-state index contributed by atoms with van der Waals surface area (Å²) in [6.45, 7) is 1.88. The number of nitrogens with two attached hydrogens (primary N) is 1. The van der Waals surface area contributed by atoms with E-state index in [-0.39, 0.29) is 11.9 Å². The number of halogens is 1. The fourth-order valence-corrected chi connectivity index (χ4v) is 2.37. The van der Waals surface area contributed by atoms with Crippen LogP contribution in [-0.4, -0.2) is 13.0 Å². The van der Waals surface area contributed by atoms with Crippen molar-refractivity contribution >= 4 is 23.2 Å². The number of methoxy groups -OCH3 is 1. The lowest BCUT2D eigenvalue weighted by Crippen LogP contribution is -2.27. The van der Waals surface area contributed by atoms with Gasteiger partial charge in [-0.15, -0.1) is 0 Å². The second-order valence-corrected chi connectivity index (χ2v) is 5.08. The summed E-state index contributed by atoms with van der Waals surface area (Å²) in [6.07, 6.45) is 0. The maximum absolute atomic E-state index is 12.4. The maximum Gasteiger partial charge on any atom is 0.255 e. The molecule has 0 heterocycles. The molecule has 0 radical (unpaired) electrons. The molecule has 2 aromatic rings. The van der Waals surface area contributed by atoms with Crippen LogP contribution < -0.4 is 15.8 Å². The highest BCUT2D eigenvalue weighted by atomic mass is 35.5. The Bertz CT molecular complexity index is 658. The predicted octanol–water partition coefficient (Wildman–Crippen LogP) is 3.42. The van der Waals surface area contributed by atoms with Crippen molar-refractivity contribution in [3.8, 4) is 5.75 Å². The van der Waals surface area contributed by atoms with Gasteiger partial charge < -0.3 is 15.8 Å². The van der Waals surface area contributed by atoms with E-state index in [1.165, 1.54) is 7.11 Å². The Morgan fingerprint density at radius 3 is 2.67 bits per heavy atom. The van der Waals surface area contributed by atoms with Gasteiger partial charge in [0.05, 0.1) is 18.7 Å². The third-order valence-electron chi connectivity index (χ3n) is 3.19. The molecule has 2 rings (SSSR count). The van der Waals surface area contributed by atoms with Gasteiger partial charge in [-0.2, -0.15) is 0 Å². The minimum absolute atomic E-state index is 0.214. The van der Waals surface area contributed by atoms with E-state index in [1.54, 1.807) is 24.3 Å². The predicted molar refractivity (Wildman–Crippen MR) is 84.7 cm³/mol. The Hall–Kier alpha value is -2.20. The molecule has 0 fully saturated rings. The van der Waals surface area contributed by atoms with Gasteiger partial charge in [-0.1, -0.05) is 29.8 Å². The minimum atomic E-state index is -0.237. The Morgan fingerprint density at radius 1 is 1.29 bits per heavy atom.